The molecule has 1 N–H and O–H groups in total. The van der Waals surface area contributed by atoms with Crippen molar-refractivity contribution in [3.8, 4) is 10.4 Å². The first-order chi connectivity index (χ1) is 12.0. The highest BCUT2D eigenvalue weighted by Gasteiger charge is 2.18. The Kier molecular flexibility index (Phi) is 5.46. The summed E-state index contributed by atoms with van der Waals surface area (Å²) in [6.45, 7) is 0. The first-order valence-corrected chi connectivity index (χ1v) is 9.31. The molecule has 3 aromatic rings. The van der Waals surface area contributed by atoms with Crippen molar-refractivity contribution in [3.05, 3.63) is 81.1 Å². The van der Waals surface area contributed by atoms with E-state index in [4.69, 9.17) is 5.11 Å². The van der Waals surface area contributed by atoms with Gasteiger partial charge in [-0.05, 0) is 34.9 Å². The number of thiophene rings is 1. The molecular weight excluding hydrogens is 400 g/mol. The number of benzene rings is 2. The van der Waals surface area contributed by atoms with Crippen LogP contribution in [0.1, 0.15) is 20.8 Å². The fourth-order valence-electron chi connectivity index (χ4n) is 2.57. The molecule has 0 spiro atoms. The average Bonchev–Trinajstić information content (AvgIpc) is 3.01. The number of hydrogen-bond acceptors (Lipinski definition) is 3. The Hall–Kier alpha value is -2.24. The van der Waals surface area contributed by atoms with Gasteiger partial charge in [0.1, 0.15) is 0 Å². The third-order valence-electron chi connectivity index (χ3n) is 3.74. The van der Waals surface area contributed by atoms with Crippen LogP contribution < -0.4 is 0 Å². The fraction of sp³-hybridized carbons (Fsp3) is 0.100. The van der Waals surface area contributed by atoms with E-state index in [1.165, 1.54) is 11.3 Å². The van der Waals surface area contributed by atoms with E-state index in [-0.39, 0.29) is 12.2 Å². The molecule has 0 aliphatic heterocycles. The second kappa shape index (κ2) is 7.76. The van der Waals surface area contributed by atoms with E-state index in [0.717, 1.165) is 20.5 Å². The van der Waals surface area contributed by atoms with Gasteiger partial charge in [-0.2, -0.15) is 0 Å². The minimum Gasteiger partial charge on any atom is -0.481 e. The number of halogens is 1. The van der Waals surface area contributed by atoms with Crippen molar-refractivity contribution in [1.82, 2.24) is 0 Å². The number of hydrogen-bond donors (Lipinski definition) is 1. The van der Waals surface area contributed by atoms with Crippen LogP contribution in [0.25, 0.3) is 10.4 Å². The zero-order chi connectivity index (χ0) is 17.8. The van der Waals surface area contributed by atoms with Crippen LogP contribution in [-0.2, 0) is 17.6 Å². The Morgan fingerprint density at radius 3 is 2.28 bits per heavy atom. The zero-order valence-corrected chi connectivity index (χ0v) is 15.6. The average molecular weight is 415 g/mol. The molecule has 3 rings (SSSR count). The molecule has 0 amide bonds. The van der Waals surface area contributed by atoms with E-state index in [2.05, 4.69) is 15.9 Å². The van der Waals surface area contributed by atoms with Crippen LogP contribution in [0, 0.1) is 0 Å². The summed E-state index contributed by atoms with van der Waals surface area (Å²) >= 11 is 4.74. The van der Waals surface area contributed by atoms with Crippen LogP contribution >= 0.6 is 27.3 Å². The van der Waals surface area contributed by atoms with Crippen LogP contribution in [-0.4, -0.2) is 16.9 Å². The van der Waals surface area contributed by atoms with Gasteiger partial charge >= 0.3 is 5.97 Å². The van der Waals surface area contributed by atoms with Crippen molar-refractivity contribution in [2.75, 3.05) is 0 Å². The summed E-state index contributed by atoms with van der Waals surface area (Å²) in [5.74, 6) is -0.900. The van der Waals surface area contributed by atoms with Gasteiger partial charge in [0.15, 0.2) is 5.78 Å². The molecule has 0 unspecified atom stereocenters. The number of carboxylic acid groups (broad SMARTS) is 1. The van der Waals surface area contributed by atoms with E-state index in [1.54, 1.807) is 6.07 Å². The maximum absolute atomic E-state index is 12.6. The van der Waals surface area contributed by atoms with E-state index >= 15 is 0 Å². The van der Waals surface area contributed by atoms with Crippen molar-refractivity contribution < 1.29 is 14.7 Å². The molecule has 2 aromatic carbocycles. The second-order valence-electron chi connectivity index (χ2n) is 5.63. The summed E-state index contributed by atoms with van der Waals surface area (Å²) in [5, 5.41) is 9.16. The predicted octanol–water partition coefficient (Wildman–Crippen LogP) is 5.23. The van der Waals surface area contributed by atoms with Crippen molar-refractivity contribution in [3.63, 3.8) is 0 Å². The third kappa shape index (κ3) is 4.44. The van der Waals surface area contributed by atoms with E-state index in [0.29, 0.717) is 16.9 Å². The molecule has 3 nitrogen and oxygen atoms in total. The predicted molar refractivity (Wildman–Crippen MR) is 103 cm³/mol. The molecule has 0 atom stereocenters. The summed E-state index contributed by atoms with van der Waals surface area (Å²) < 4.78 is 0.968. The normalized spacial score (nSPS) is 10.6. The van der Waals surface area contributed by atoms with Crippen molar-refractivity contribution >= 4 is 39.0 Å². The van der Waals surface area contributed by atoms with Gasteiger partial charge in [0.2, 0.25) is 0 Å². The number of ketones is 1. The summed E-state index contributed by atoms with van der Waals surface area (Å²) in [5.41, 5.74) is 2.55. The summed E-state index contributed by atoms with van der Waals surface area (Å²) in [6.07, 6.45) is 0.209. The van der Waals surface area contributed by atoms with Gasteiger partial charge in [-0.15, -0.1) is 11.3 Å². The Bertz CT molecular complexity index is 898. The fourth-order valence-corrected chi connectivity index (χ4v) is 3.96. The zero-order valence-electron chi connectivity index (χ0n) is 13.2. The maximum atomic E-state index is 12.6. The Morgan fingerprint density at radius 2 is 1.64 bits per heavy atom. The van der Waals surface area contributed by atoms with Gasteiger partial charge in [-0.1, -0.05) is 58.4 Å². The van der Waals surface area contributed by atoms with Gasteiger partial charge in [-0.25, -0.2) is 0 Å². The van der Waals surface area contributed by atoms with E-state index in [1.807, 2.05) is 54.6 Å². The molecule has 0 fully saturated rings. The minimum atomic E-state index is -0.901. The lowest BCUT2D eigenvalue weighted by Gasteiger charge is -2.01. The summed E-state index contributed by atoms with van der Waals surface area (Å²) in [7, 11) is 0. The number of Topliss-reactive ketones (excluding diaryl/α,β-unsaturated/α-hetero) is 1. The lowest BCUT2D eigenvalue weighted by atomic mass is 10.0. The van der Waals surface area contributed by atoms with Crippen LogP contribution in [0.5, 0.6) is 0 Å². The van der Waals surface area contributed by atoms with Gasteiger partial charge in [0, 0.05) is 15.8 Å². The first kappa shape index (κ1) is 17.6. The first-order valence-electron chi connectivity index (χ1n) is 7.70. The lowest BCUT2D eigenvalue weighted by molar-refractivity contribution is -0.136. The highest BCUT2D eigenvalue weighted by atomic mass is 79.9. The van der Waals surface area contributed by atoms with Crippen molar-refractivity contribution in [2.45, 2.75) is 12.8 Å². The van der Waals surface area contributed by atoms with Crippen molar-refractivity contribution in [2.24, 2.45) is 0 Å². The minimum absolute atomic E-state index is 0.00106. The molecular formula is C20H15BrO3S. The quantitative estimate of drug-likeness (QED) is 0.561. The molecule has 25 heavy (non-hydrogen) atoms. The molecule has 0 aliphatic carbocycles. The van der Waals surface area contributed by atoms with Crippen LogP contribution in [0.2, 0.25) is 0 Å². The van der Waals surface area contributed by atoms with E-state index in [9.17, 15) is 9.59 Å². The monoisotopic (exact) mass is 414 g/mol. The number of rotatable bonds is 6. The smallest absolute Gasteiger partial charge is 0.307 e. The van der Waals surface area contributed by atoms with E-state index < -0.39 is 5.97 Å². The Labute approximate surface area is 158 Å². The highest BCUT2D eigenvalue weighted by Crippen LogP contribution is 2.34. The number of aliphatic carboxylic acids is 1. The maximum Gasteiger partial charge on any atom is 0.307 e. The Morgan fingerprint density at radius 1 is 0.960 bits per heavy atom. The molecule has 0 bridgehead atoms. The summed E-state index contributed by atoms with van der Waals surface area (Å²) in [4.78, 5) is 25.2. The second-order valence-corrected chi connectivity index (χ2v) is 7.60. The third-order valence-corrected chi connectivity index (χ3v) is 5.54. The molecule has 5 heteroatoms. The lowest BCUT2D eigenvalue weighted by Crippen LogP contribution is -2.02. The molecule has 0 radical (unpaired) electrons. The number of carboxylic acids is 1. The van der Waals surface area contributed by atoms with Gasteiger partial charge in [0.25, 0.3) is 0 Å². The largest absolute Gasteiger partial charge is 0.481 e. The number of carbonyl (C=O) groups is 2. The topological polar surface area (TPSA) is 54.4 Å². The van der Waals surface area contributed by atoms with Crippen molar-refractivity contribution in [1.29, 1.82) is 0 Å². The van der Waals surface area contributed by atoms with Gasteiger partial charge < -0.3 is 5.11 Å². The van der Waals surface area contributed by atoms with Crippen LogP contribution in [0.4, 0.5) is 0 Å². The molecule has 126 valence electrons. The SMILES string of the molecule is O=C(O)Cc1cc(C(=O)Cc2ccc(Br)cc2)sc1-c1ccccc1. The summed E-state index contributed by atoms with van der Waals surface area (Å²) in [6, 6.07) is 18.9. The molecule has 1 aromatic heterocycles. The molecule has 0 aliphatic rings. The highest BCUT2D eigenvalue weighted by molar-refractivity contribution is 9.10. The van der Waals surface area contributed by atoms with Crippen LogP contribution in [0.3, 0.4) is 0 Å². The van der Waals surface area contributed by atoms with Crippen LogP contribution in [0.15, 0.2) is 65.1 Å². The molecule has 0 saturated carbocycles. The van der Waals surface area contributed by atoms with Gasteiger partial charge in [0.05, 0.1) is 11.3 Å². The Balaban J connectivity index is 1.91. The van der Waals surface area contributed by atoms with Gasteiger partial charge in [-0.3, -0.25) is 9.59 Å². The molecule has 1 heterocycles. The molecule has 0 saturated heterocycles. The standard InChI is InChI=1S/C20H15BrO3S/c21-16-8-6-13(7-9-16)10-17(22)18-11-15(12-19(23)24)20(25-18)14-4-2-1-3-5-14/h1-9,11H,10,12H2,(H,23,24). The number of carbonyl (C=O) groups excluding carboxylic acids is 1.